The highest BCUT2D eigenvalue weighted by Gasteiger charge is 2.59. The SMILES string of the molecule is CO[C@@H]1OC(=O)C[C@@H]1[C@@H]1CC=C2[C@@H]3CC[C@@H]4C[C@H](O)CC[C@]4(C)[C@H]3CC[C@]21C. The molecule has 0 bridgehead atoms. The largest absolute Gasteiger partial charge is 0.435 e. The Labute approximate surface area is 169 Å². The first-order valence-corrected chi connectivity index (χ1v) is 11.5. The molecule has 4 fully saturated rings. The van der Waals surface area contributed by atoms with E-state index in [1.54, 1.807) is 12.7 Å². The molecule has 1 N–H and O–H groups in total. The van der Waals surface area contributed by atoms with Gasteiger partial charge in [-0.3, -0.25) is 4.79 Å². The fourth-order valence-corrected chi connectivity index (χ4v) is 8.35. The molecule has 0 aromatic rings. The van der Waals surface area contributed by atoms with Gasteiger partial charge in [-0.1, -0.05) is 25.5 Å². The van der Waals surface area contributed by atoms with Crippen molar-refractivity contribution in [2.75, 3.05) is 7.11 Å². The maximum absolute atomic E-state index is 12.0. The average molecular weight is 389 g/mol. The number of allylic oxidation sites excluding steroid dienone is 2. The summed E-state index contributed by atoms with van der Waals surface area (Å²) in [5, 5.41) is 10.2. The van der Waals surface area contributed by atoms with Gasteiger partial charge in [0.05, 0.1) is 12.5 Å². The lowest BCUT2D eigenvalue weighted by atomic mass is 9.45. The summed E-state index contributed by atoms with van der Waals surface area (Å²) in [6, 6.07) is 0. The third-order valence-corrected chi connectivity index (χ3v) is 9.86. The van der Waals surface area contributed by atoms with Crippen molar-refractivity contribution < 1.29 is 19.4 Å². The monoisotopic (exact) mass is 388 g/mol. The van der Waals surface area contributed by atoms with Gasteiger partial charge in [-0.2, -0.15) is 0 Å². The van der Waals surface area contributed by atoms with E-state index in [1.807, 2.05) is 0 Å². The second-order valence-corrected chi connectivity index (χ2v) is 10.8. The lowest BCUT2D eigenvalue weighted by molar-refractivity contribution is -0.165. The minimum atomic E-state index is -0.368. The molecular formula is C24H36O4. The quantitative estimate of drug-likeness (QED) is 0.560. The summed E-state index contributed by atoms with van der Waals surface area (Å²) in [6.07, 6.45) is 11.9. The van der Waals surface area contributed by atoms with Crippen LogP contribution in [0.4, 0.5) is 0 Å². The molecule has 5 aliphatic rings. The molecule has 4 aliphatic carbocycles. The van der Waals surface area contributed by atoms with Crippen LogP contribution in [0.1, 0.15) is 71.6 Å². The van der Waals surface area contributed by atoms with Gasteiger partial charge in [0, 0.05) is 13.0 Å². The molecule has 156 valence electrons. The summed E-state index contributed by atoms with van der Waals surface area (Å²) >= 11 is 0. The minimum absolute atomic E-state index is 0.0792. The van der Waals surface area contributed by atoms with Crippen LogP contribution < -0.4 is 0 Å². The predicted molar refractivity (Wildman–Crippen MR) is 106 cm³/mol. The summed E-state index contributed by atoms with van der Waals surface area (Å²) in [4.78, 5) is 12.0. The number of aliphatic hydroxyl groups is 1. The highest BCUT2D eigenvalue weighted by atomic mass is 16.7. The standard InChI is InChI=1S/C24H36O4/c1-23-10-8-15(25)12-14(23)4-5-16-18-6-7-19(24(18,2)11-9-20(16)23)17-13-21(26)28-22(17)27-3/h6,14-17,19-20,22,25H,4-5,7-13H2,1-3H3/t14-,15-,16+,17-,19+,20+,22-,23+,24-/m1/s1. The number of hydrogen-bond donors (Lipinski definition) is 1. The van der Waals surface area contributed by atoms with E-state index in [0.29, 0.717) is 29.6 Å². The van der Waals surface area contributed by atoms with Gasteiger partial charge >= 0.3 is 5.97 Å². The van der Waals surface area contributed by atoms with Gasteiger partial charge in [0.25, 0.3) is 0 Å². The maximum atomic E-state index is 12.0. The summed E-state index contributed by atoms with van der Waals surface area (Å²) in [5.41, 5.74) is 2.27. The van der Waals surface area contributed by atoms with Crippen LogP contribution in [0.15, 0.2) is 11.6 Å². The van der Waals surface area contributed by atoms with E-state index in [-0.39, 0.29) is 29.7 Å². The Kier molecular flexibility index (Phi) is 4.48. The molecule has 5 rings (SSSR count). The first-order valence-electron chi connectivity index (χ1n) is 11.5. The Balaban J connectivity index is 1.40. The highest BCUT2D eigenvalue weighted by Crippen LogP contribution is 2.67. The third kappa shape index (κ3) is 2.59. The molecule has 28 heavy (non-hydrogen) atoms. The molecule has 0 aromatic heterocycles. The van der Waals surface area contributed by atoms with Gasteiger partial charge in [-0.15, -0.1) is 0 Å². The lowest BCUT2D eigenvalue weighted by Crippen LogP contribution is -2.52. The van der Waals surface area contributed by atoms with Gasteiger partial charge in [0.2, 0.25) is 6.29 Å². The summed E-state index contributed by atoms with van der Waals surface area (Å²) in [7, 11) is 1.67. The van der Waals surface area contributed by atoms with E-state index >= 15 is 0 Å². The van der Waals surface area contributed by atoms with Crippen molar-refractivity contribution >= 4 is 5.97 Å². The Morgan fingerprint density at radius 3 is 2.75 bits per heavy atom. The van der Waals surface area contributed by atoms with Crippen molar-refractivity contribution in [3.63, 3.8) is 0 Å². The van der Waals surface area contributed by atoms with E-state index in [1.165, 1.54) is 32.1 Å². The van der Waals surface area contributed by atoms with Gasteiger partial charge in [-0.05, 0) is 85.9 Å². The molecule has 0 radical (unpaired) electrons. The van der Waals surface area contributed by atoms with Crippen molar-refractivity contribution in [3.05, 3.63) is 11.6 Å². The van der Waals surface area contributed by atoms with Crippen LogP contribution in [0.5, 0.6) is 0 Å². The molecule has 0 amide bonds. The van der Waals surface area contributed by atoms with Crippen molar-refractivity contribution in [1.82, 2.24) is 0 Å². The second kappa shape index (κ2) is 6.57. The number of hydrogen-bond acceptors (Lipinski definition) is 4. The number of fused-ring (bicyclic) bond motifs is 5. The highest BCUT2D eigenvalue weighted by molar-refractivity contribution is 5.72. The van der Waals surface area contributed by atoms with Crippen molar-refractivity contribution in [1.29, 1.82) is 0 Å². The first-order chi connectivity index (χ1) is 13.4. The molecule has 1 aliphatic heterocycles. The summed E-state index contributed by atoms with van der Waals surface area (Å²) < 4.78 is 11.0. The van der Waals surface area contributed by atoms with Crippen LogP contribution in [0.3, 0.4) is 0 Å². The molecule has 1 heterocycles. The first kappa shape index (κ1) is 19.1. The number of methoxy groups -OCH3 is 1. The van der Waals surface area contributed by atoms with E-state index in [2.05, 4.69) is 19.9 Å². The molecule has 0 spiro atoms. The molecule has 4 nitrogen and oxygen atoms in total. The van der Waals surface area contributed by atoms with Gasteiger partial charge in [0.1, 0.15) is 0 Å². The predicted octanol–water partition coefficient (Wildman–Crippen LogP) is 4.46. The summed E-state index contributed by atoms with van der Waals surface area (Å²) in [6.45, 7) is 4.99. The number of carbonyl (C=O) groups excluding carboxylic acids is 1. The van der Waals surface area contributed by atoms with Gasteiger partial charge < -0.3 is 14.6 Å². The number of rotatable bonds is 2. The number of ether oxygens (including phenoxy) is 2. The molecule has 0 unspecified atom stereocenters. The van der Waals surface area contributed by atoms with Crippen LogP contribution in [0.2, 0.25) is 0 Å². The lowest BCUT2D eigenvalue weighted by Gasteiger charge is -2.59. The third-order valence-electron chi connectivity index (χ3n) is 9.86. The molecule has 3 saturated carbocycles. The van der Waals surface area contributed by atoms with E-state index in [9.17, 15) is 9.90 Å². The van der Waals surface area contributed by atoms with Crippen molar-refractivity contribution in [3.8, 4) is 0 Å². The number of carbonyl (C=O) groups is 1. The number of cyclic esters (lactones) is 1. The van der Waals surface area contributed by atoms with Crippen LogP contribution in [0.25, 0.3) is 0 Å². The molecule has 4 heteroatoms. The fourth-order valence-electron chi connectivity index (χ4n) is 8.35. The van der Waals surface area contributed by atoms with Crippen molar-refractivity contribution in [2.45, 2.75) is 84.0 Å². The Morgan fingerprint density at radius 1 is 1.14 bits per heavy atom. The smallest absolute Gasteiger partial charge is 0.308 e. The van der Waals surface area contributed by atoms with Gasteiger partial charge in [-0.25, -0.2) is 0 Å². The molecule has 1 saturated heterocycles. The van der Waals surface area contributed by atoms with E-state index < -0.39 is 0 Å². The zero-order chi connectivity index (χ0) is 19.7. The van der Waals surface area contributed by atoms with Gasteiger partial charge in [0.15, 0.2) is 0 Å². The van der Waals surface area contributed by atoms with Crippen LogP contribution in [-0.2, 0) is 14.3 Å². The zero-order valence-corrected chi connectivity index (χ0v) is 17.7. The van der Waals surface area contributed by atoms with Crippen LogP contribution >= 0.6 is 0 Å². The topological polar surface area (TPSA) is 55.8 Å². The Hall–Kier alpha value is -0.870. The number of aliphatic hydroxyl groups excluding tert-OH is 1. The second-order valence-electron chi connectivity index (χ2n) is 10.8. The van der Waals surface area contributed by atoms with Crippen LogP contribution in [-0.4, -0.2) is 30.6 Å². The van der Waals surface area contributed by atoms with E-state index in [4.69, 9.17) is 9.47 Å². The van der Waals surface area contributed by atoms with Crippen LogP contribution in [0, 0.1) is 40.4 Å². The van der Waals surface area contributed by atoms with E-state index in [0.717, 1.165) is 25.2 Å². The molecule has 0 aromatic carbocycles. The maximum Gasteiger partial charge on any atom is 0.308 e. The fraction of sp³-hybridized carbons (Fsp3) is 0.875. The Morgan fingerprint density at radius 2 is 1.96 bits per heavy atom. The molecular weight excluding hydrogens is 352 g/mol. The normalized spacial score (nSPS) is 53.1. The number of esters is 1. The summed E-state index contributed by atoms with van der Waals surface area (Å²) in [5.74, 6) is 2.69. The zero-order valence-electron chi connectivity index (χ0n) is 17.7. The minimum Gasteiger partial charge on any atom is -0.435 e. The average Bonchev–Trinajstić information content (AvgIpc) is 3.21. The van der Waals surface area contributed by atoms with Crippen molar-refractivity contribution in [2.24, 2.45) is 40.4 Å². The Bertz CT molecular complexity index is 686. The molecule has 9 atom stereocenters.